The zero-order valence-corrected chi connectivity index (χ0v) is 13.2. The van der Waals surface area contributed by atoms with Gasteiger partial charge in [-0.1, -0.05) is 18.2 Å². The molecule has 2 aromatic carbocycles. The summed E-state index contributed by atoms with van der Waals surface area (Å²) in [5.74, 6) is 0.674. The normalized spacial score (nSPS) is 10.6. The number of ether oxygens (including phenoxy) is 3. The van der Waals surface area contributed by atoms with E-state index in [4.69, 9.17) is 14.2 Å². The van der Waals surface area contributed by atoms with Crippen LogP contribution in [0, 0.1) is 0 Å². The van der Waals surface area contributed by atoms with Gasteiger partial charge in [-0.05, 0) is 35.4 Å². The molecule has 0 aliphatic rings. The summed E-state index contributed by atoms with van der Waals surface area (Å²) in [7, 11) is 4.62. The molecular weight excluding hydrogens is 296 g/mol. The zero-order valence-electron chi connectivity index (χ0n) is 13.2. The Morgan fingerprint density at radius 3 is 2.00 bits per heavy atom. The van der Waals surface area contributed by atoms with Crippen molar-refractivity contribution in [2.45, 2.75) is 0 Å². The molecule has 0 saturated heterocycles. The van der Waals surface area contributed by atoms with Gasteiger partial charge < -0.3 is 19.3 Å². The molecule has 0 radical (unpaired) electrons. The monoisotopic (exact) mass is 314 g/mol. The molecule has 5 nitrogen and oxygen atoms in total. The van der Waals surface area contributed by atoms with E-state index in [-0.39, 0.29) is 5.56 Å². The van der Waals surface area contributed by atoms with Crippen LogP contribution in [0.5, 0.6) is 17.2 Å². The lowest BCUT2D eigenvalue weighted by Crippen LogP contribution is -2.00. The highest BCUT2D eigenvalue weighted by atomic mass is 16.5. The Balaban J connectivity index is 2.33. The molecular formula is C18H18O5. The minimum atomic E-state index is -1.03. The summed E-state index contributed by atoms with van der Waals surface area (Å²) in [6.07, 6.45) is 3.68. The predicted molar refractivity (Wildman–Crippen MR) is 88.4 cm³/mol. The van der Waals surface area contributed by atoms with Crippen LogP contribution in [0.2, 0.25) is 0 Å². The second-order valence-electron chi connectivity index (χ2n) is 4.74. The van der Waals surface area contributed by atoms with Gasteiger partial charge in [-0.15, -0.1) is 0 Å². The van der Waals surface area contributed by atoms with Crippen LogP contribution in [0.1, 0.15) is 21.5 Å². The molecule has 120 valence electrons. The van der Waals surface area contributed by atoms with Crippen molar-refractivity contribution in [3.63, 3.8) is 0 Å². The van der Waals surface area contributed by atoms with Gasteiger partial charge in [-0.25, -0.2) is 4.79 Å². The van der Waals surface area contributed by atoms with Crippen molar-refractivity contribution < 1.29 is 24.1 Å². The zero-order chi connectivity index (χ0) is 16.8. The van der Waals surface area contributed by atoms with Crippen molar-refractivity contribution in [2.24, 2.45) is 0 Å². The number of carbonyl (C=O) groups is 1. The number of carboxylic acids is 1. The van der Waals surface area contributed by atoms with Gasteiger partial charge in [0.2, 0.25) is 0 Å². The van der Waals surface area contributed by atoms with Crippen LogP contribution in [0.15, 0.2) is 36.4 Å². The molecule has 0 heterocycles. The van der Waals surface area contributed by atoms with E-state index in [2.05, 4.69) is 0 Å². The van der Waals surface area contributed by atoms with Crippen molar-refractivity contribution in [1.82, 2.24) is 0 Å². The number of hydrogen-bond donors (Lipinski definition) is 1. The van der Waals surface area contributed by atoms with Crippen molar-refractivity contribution in [3.05, 3.63) is 53.1 Å². The molecule has 0 aromatic heterocycles. The minimum Gasteiger partial charge on any atom is -0.497 e. The highest BCUT2D eigenvalue weighted by molar-refractivity contribution is 5.92. The van der Waals surface area contributed by atoms with Crippen molar-refractivity contribution in [1.29, 1.82) is 0 Å². The van der Waals surface area contributed by atoms with Gasteiger partial charge in [0.15, 0.2) is 0 Å². The lowest BCUT2D eigenvalue weighted by molar-refractivity contribution is 0.0693. The quantitative estimate of drug-likeness (QED) is 0.826. The molecule has 0 aliphatic heterocycles. The molecule has 2 aromatic rings. The van der Waals surface area contributed by atoms with E-state index in [1.54, 1.807) is 38.5 Å². The van der Waals surface area contributed by atoms with Gasteiger partial charge in [-0.2, -0.15) is 0 Å². The SMILES string of the molecule is COc1cc(C=Cc2ccc(OC)c(C(=O)O)c2)cc(OC)c1. The average molecular weight is 314 g/mol. The summed E-state index contributed by atoms with van der Waals surface area (Å²) in [5.41, 5.74) is 1.76. The summed E-state index contributed by atoms with van der Waals surface area (Å²) in [5, 5.41) is 9.21. The van der Waals surface area contributed by atoms with Crippen LogP contribution in [-0.2, 0) is 0 Å². The fourth-order valence-corrected chi connectivity index (χ4v) is 2.11. The first-order valence-electron chi connectivity index (χ1n) is 6.90. The van der Waals surface area contributed by atoms with Crippen LogP contribution in [0.4, 0.5) is 0 Å². The van der Waals surface area contributed by atoms with Crippen molar-refractivity contribution in [3.8, 4) is 17.2 Å². The Kier molecular flexibility index (Phi) is 5.25. The maximum Gasteiger partial charge on any atom is 0.339 e. The summed E-state index contributed by atoms with van der Waals surface area (Å²) in [6, 6.07) is 10.5. The molecule has 1 N–H and O–H groups in total. The van der Waals surface area contributed by atoms with Crippen molar-refractivity contribution >= 4 is 18.1 Å². The van der Waals surface area contributed by atoms with Crippen molar-refractivity contribution in [2.75, 3.05) is 21.3 Å². The molecule has 0 bridgehead atoms. The molecule has 0 spiro atoms. The second-order valence-corrected chi connectivity index (χ2v) is 4.74. The summed E-state index contributed by atoms with van der Waals surface area (Å²) in [4.78, 5) is 11.2. The average Bonchev–Trinajstić information content (AvgIpc) is 2.59. The van der Waals surface area contributed by atoms with E-state index in [0.29, 0.717) is 17.2 Å². The second kappa shape index (κ2) is 7.35. The molecule has 0 aliphatic carbocycles. The lowest BCUT2D eigenvalue weighted by Gasteiger charge is -2.07. The molecule has 0 amide bonds. The van der Waals surface area contributed by atoms with Crippen LogP contribution in [0.25, 0.3) is 12.2 Å². The van der Waals surface area contributed by atoms with Gasteiger partial charge in [0, 0.05) is 6.07 Å². The van der Waals surface area contributed by atoms with Gasteiger partial charge in [-0.3, -0.25) is 0 Å². The molecule has 23 heavy (non-hydrogen) atoms. The maximum atomic E-state index is 11.2. The number of hydrogen-bond acceptors (Lipinski definition) is 4. The number of aromatic carboxylic acids is 1. The van der Waals surface area contributed by atoms with E-state index in [9.17, 15) is 9.90 Å². The Labute approximate surface area is 134 Å². The van der Waals surface area contributed by atoms with Gasteiger partial charge in [0.05, 0.1) is 21.3 Å². The molecule has 2 rings (SSSR count). The van der Waals surface area contributed by atoms with E-state index >= 15 is 0 Å². The van der Waals surface area contributed by atoms with Gasteiger partial charge >= 0.3 is 5.97 Å². The molecule has 0 unspecified atom stereocenters. The third-order valence-corrected chi connectivity index (χ3v) is 3.30. The van der Waals surface area contributed by atoms with Gasteiger partial charge in [0.1, 0.15) is 22.8 Å². The highest BCUT2D eigenvalue weighted by Gasteiger charge is 2.10. The first-order chi connectivity index (χ1) is 11.1. The lowest BCUT2D eigenvalue weighted by atomic mass is 10.1. The van der Waals surface area contributed by atoms with E-state index in [1.165, 1.54) is 7.11 Å². The number of rotatable bonds is 6. The number of carboxylic acid groups (broad SMARTS) is 1. The van der Waals surface area contributed by atoms with Crippen LogP contribution < -0.4 is 14.2 Å². The first-order valence-corrected chi connectivity index (χ1v) is 6.90. The Morgan fingerprint density at radius 1 is 0.870 bits per heavy atom. The Morgan fingerprint density at radius 2 is 1.48 bits per heavy atom. The predicted octanol–water partition coefficient (Wildman–Crippen LogP) is 3.58. The van der Waals surface area contributed by atoms with E-state index in [1.807, 2.05) is 24.3 Å². The fourth-order valence-electron chi connectivity index (χ4n) is 2.11. The van der Waals surface area contributed by atoms with E-state index < -0.39 is 5.97 Å². The standard InChI is InChI=1S/C18H18O5/c1-21-14-8-13(9-15(11-14)22-2)5-4-12-6-7-17(23-3)16(10-12)18(19)20/h4-11H,1-3H3,(H,19,20). The first kappa shape index (κ1) is 16.4. The van der Waals surface area contributed by atoms with Crippen LogP contribution in [0.3, 0.4) is 0 Å². The largest absolute Gasteiger partial charge is 0.497 e. The van der Waals surface area contributed by atoms with E-state index in [0.717, 1.165) is 11.1 Å². The number of methoxy groups -OCH3 is 3. The fraction of sp³-hybridized carbons (Fsp3) is 0.167. The third kappa shape index (κ3) is 4.03. The van der Waals surface area contributed by atoms with Crippen LogP contribution in [-0.4, -0.2) is 32.4 Å². The molecule has 0 fully saturated rings. The smallest absolute Gasteiger partial charge is 0.339 e. The summed E-state index contributed by atoms with van der Waals surface area (Å²) in [6.45, 7) is 0. The summed E-state index contributed by atoms with van der Waals surface area (Å²) < 4.78 is 15.5. The minimum absolute atomic E-state index is 0.123. The Bertz CT molecular complexity index is 712. The third-order valence-electron chi connectivity index (χ3n) is 3.30. The maximum absolute atomic E-state index is 11.2. The Hall–Kier alpha value is -2.95. The topological polar surface area (TPSA) is 65.0 Å². The van der Waals surface area contributed by atoms with Gasteiger partial charge in [0.25, 0.3) is 0 Å². The summed E-state index contributed by atoms with van der Waals surface area (Å²) >= 11 is 0. The van der Waals surface area contributed by atoms with Crippen LogP contribution >= 0.6 is 0 Å². The number of benzene rings is 2. The molecule has 0 saturated carbocycles. The highest BCUT2D eigenvalue weighted by Crippen LogP contribution is 2.25. The molecule has 0 atom stereocenters. The molecule has 5 heteroatoms.